The van der Waals surface area contributed by atoms with Crippen LogP contribution in [0.2, 0.25) is 0 Å². The van der Waals surface area contributed by atoms with E-state index in [2.05, 4.69) is 6.07 Å². The van der Waals surface area contributed by atoms with Crippen LogP contribution in [0.3, 0.4) is 0 Å². The standard InChI is InChI=1S/C15H15NO2S/c16-10-15(5-7-18-8-6-15)14(17)12-9-19-13-4-2-1-3-11(12)13/h1-4,9,14,17H,5-8H2. The summed E-state index contributed by atoms with van der Waals surface area (Å²) in [7, 11) is 0. The maximum absolute atomic E-state index is 10.7. The molecule has 0 spiro atoms. The molecule has 3 nitrogen and oxygen atoms in total. The van der Waals surface area contributed by atoms with Crippen LogP contribution in [0.25, 0.3) is 10.1 Å². The number of thiophene rings is 1. The van der Waals surface area contributed by atoms with Gasteiger partial charge in [0, 0.05) is 23.5 Å². The van der Waals surface area contributed by atoms with Crippen LogP contribution in [0.15, 0.2) is 29.6 Å². The predicted octanol–water partition coefficient (Wildman–Crippen LogP) is 3.26. The largest absolute Gasteiger partial charge is 0.387 e. The lowest BCUT2D eigenvalue weighted by Gasteiger charge is -2.34. The van der Waals surface area contributed by atoms with Gasteiger partial charge in [-0.25, -0.2) is 0 Å². The monoisotopic (exact) mass is 273 g/mol. The number of nitriles is 1. The molecule has 1 atom stereocenters. The summed E-state index contributed by atoms with van der Waals surface area (Å²) in [5, 5.41) is 23.3. The maximum atomic E-state index is 10.7. The summed E-state index contributed by atoms with van der Waals surface area (Å²) in [6.07, 6.45) is 0.446. The van der Waals surface area contributed by atoms with Crippen molar-refractivity contribution in [2.75, 3.05) is 13.2 Å². The zero-order valence-electron chi connectivity index (χ0n) is 10.5. The summed E-state index contributed by atoms with van der Waals surface area (Å²) in [5.74, 6) is 0. The van der Waals surface area contributed by atoms with E-state index in [-0.39, 0.29) is 0 Å². The summed E-state index contributed by atoms with van der Waals surface area (Å²) in [4.78, 5) is 0. The molecule has 0 radical (unpaired) electrons. The molecule has 1 N–H and O–H groups in total. The second kappa shape index (κ2) is 4.93. The van der Waals surface area contributed by atoms with Crippen LogP contribution in [0.5, 0.6) is 0 Å². The van der Waals surface area contributed by atoms with Gasteiger partial charge < -0.3 is 9.84 Å². The quantitative estimate of drug-likeness (QED) is 0.913. The van der Waals surface area contributed by atoms with Gasteiger partial charge in [-0.2, -0.15) is 5.26 Å². The fourth-order valence-corrected chi connectivity index (χ4v) is 3.67. The van der Waals surface area contributed by atoms with E-state index >= 15 is 0 Å². The summed E-state index contributed by atoms with van der Waals surface area (Å²) >= 11 is 1.61. The van der Waals surface area contributed by atoms with Crippen LogP contribution in [0.4, 0.5) is 0 Å². The van der Waals surface area contributed by atoms with Crippen molar-refractivity contribution in [2.45, 2.75) is 18.9 Å². The highest BCUT2D eigenvalue weighted by atomic mass is 32.1. The Morgan fingerprint density at radius 3 is 2.79 bits per heavy atom. The number of hydrogen-bond donors (Lipinski definition) is 1. The highest BCUT2D eigenvalue weighted by Gasteiger charge is 2.41. The van der Waals surface area contributed by atoms with Gasteiger partial charge in [-0.05, 0) is 29.7 Å². The highest BCUT2D eigenvalue weighted by molar-refractivity contribution is 7.17. The van der Waals surface area contributed by atoms with E-state index in [1.807, 2.05) is 29.6 Å². The lowest BCUT2D eigenvalue weighted by Crippen LogP contribution is -2.34. The van der Waals surface area contributed by atoms with Crippen molar-refractivity contribution >= 4 is 21.4 Å². The van der Waals surface area contributed by atoms with Crippen molar-refractivity contribution in [1.29, 1.82) is 5.26 Å². The zero-order chi connectivity index (χ0) is 13.3. The van der Waals surface area contributed by atoms with Crippen LogP contribution in [-0.4, -0.2) is 18.3 Å². The molecule has 0 amide bonds. The van der Waals surface area contributed by atoms with Crippen molar-refractivity contribution in [1.82, 2.24) is 0 Å². The average molecular weight is 273 g/mol. The lowest BCUT2D eigenvalue weighted by atomic mass is 9.74. The SMILES string of the molecule is N#CC1(C(O)c2csc3ccccc23)CCOCC1. The van der Waals surface area contributed by atoms with Crippen molar-refractivity contribution in [3.8, 4) is 6.07 Å². The minimum atomic E-state index is -0.738. The first-order valence-electron chi connectivity index (χ1n) is 6.40. The zero-order valence-corrected chi connectivity index (χ0v) is 11.3. The molecule has 1 aromatic heterocycles. The number of fused-ring (bicyclic) bond motifs is 1. The van der Waals surface area contributed by atoms with Crippen molar-refractivity contribution in [3.63, 3.8) is 0 Å². The highest BCUT2D eigenvalue weighted by Crippen LogP contribution is 2.45. The first-order valence-corrected chi connectivity index (χ1v) is 7.28. The normalized spacial score (nSPS) is 20.0. The molecule has 2 heterocycles. The third kappa shape index (κ3) is 2.04. The predicted molar refractivity (Wildman–Crippen MR) is 74.9 cm³/mol. The number of aliphatic hydroxyl groups is 1. The van der Waals surface area contributed by atoms with Gasteiger partial charge >= 0.3 is 0 Å². The molecule has 98 valence electrons. The van der Waals surface area contributed by atoms with Crippen molar-refractivity contribution < 1.29 is 9.84 Å². The van der Waals surface area contributed by atoms with Gasteiger partial charge in [0.1, 0.15) is 0 Å². The molecule has 1 saturated heterocycles. The molecule has 3 rings (SSSR count). The third-order valence-corrected chi connectivity index (χ3v) is 4.92. The number of nitrogens with zero attached hydrogens (tertiary/aromatic N) is 1. The van der Waals surface area contributed by atoms with Crippen LogP contribution in [0, 0.1) is 16.7 Å². The van der Waals surface area contributed by atoms with Crippen LogP contribution >= 0.6 is 11.3 Å². The molecule has 19 heavy (non-hydrogen) atoms. The fraction of sp³-hybridized carbons (Fsp3) is 0.400. The smallest absolute Gasteiger partial charge is 0.0992 e. The van der Waals surface area contributed by atoms with Gasteiger partial charge in [-0.3, -0.25) is 0 Å². The average Bonchev–Trinajstić information content (AvgIpc) is 2.91. The summed E-state index contributed by atoms with van der Waals surface area (Å²) in [6, 6.07) is 10.4. The molecule has 2 aromatic rings. The van der Waals surface area contributed by atoms with E-state index in [1.165, 1.54) is 0 Å². The maximum Gasteiger partial charge on any atom is 0.0992 e. The van der Waals surface area contributed by atoms with Gasteiger partial charge in [0.2, 0.25) is 0 Å². The number of ether oxygens (including phenoxy) is 1. The van der Waals surface area contributed by atoms with Gasteiger partial charge in [-0.1, -0.05) is 18.2 Å². The van der Waals surface area contributed by atoms with E-state index < -0.39 is 11.5 Å². The molecule has 0 saturated carbocycles. The number of benzene rings is 1. The van der Waals surface area contributed by atoms with E-state index in [1.54, 1.807) is 11.3 Å². The molecular formula is C15H15NO2S. The Morgan fingerprint density at radius 1 is 1.32 bits per heavy atom. The fourth-order valence-electron chi connectivity index (χ4n) is 2.69. The Morgan fingerprint density at radius 2 is 2.05 bits per heavy atom. The Bertz CT molecular complexity index is 622. The van der Waals surface area contributed by atoms with Gasteiger partial charge in [0.15, 0.2) is 0 Å². The van der Waals surface area contributed by atoms with Crippen LogP contribution in [-0.2, 0) is 4.74 Å². The van der Waals surface area contributed by atoms with E-state index in [9.17, 15) is 10.4 Å². The molecule has 0 bridgehead atoms. The molecule has 1 unspecified atom stereocenters. The Kier molecular flexibility index (Phi) is 3.28. The molecule has 1 aliphatic rings. The van der Waals surface area contributed by atoms with Crippen molar-refractivity contribution in [3.05, 3.63) is 35.2 Å². The Labute approximate surface area is 116 Å². The van der Waals surface area contributed by atoms with Gasteiger partial charge in [0.05, 0.1) is 17.6 Å². The summed E-state index contributed by atoms with van der Waals surface area (Å²) < 4.78 is 6.47. The second-order valence-electron chi connectivity index (χ2n) is 4.97. The summed E-state index contributed by atoms with van der Waals surface area (Å²) in [5.41, 5.74) is 0.172. The van der Waals surface area contributed by atoms with Gasteiger partial charge in [-0.15, -0.1) is 11.3 Å². The van der Waals surface area contributed by atoms with E-state index in [4.69, 9.17) is 4.74 Å². The van der Waals surface area contributed by atoms with Gasteiger partial charge in [0.25, 0.3) is 0 Å². The number of rotatable bonds is 2. The molecular weight excluding hydrogens is 258 g/mol. The number of aliphatic hydroxyl groups excluding tert-OH is 1. The third-order valence-electron chi connectivity index (χ3n) is 3.94. The molecule has 1 fully saturated rings. The first kappa shape index (κ1) is 12.6. The van der Waals surface area contributed by atoms with E-state index in [0.29, 0.717) is 26.1 Å². The summed E-state index contributed by atoms with van der Waals surface area (Å²) in [6.45, 7) is 1.10. The topological polar surface area (TPSA) is 53.2 Å². The van der Waals surface area contributed by atoms with Crippen LogP contribution in [0.1, 0.15) is 24.5 Å². The van der Waals surface area contributed by atoms with Crippen molar-refractivity contribution in [2.24, 2.45) is 5.41 Å². The van der Waals surface area contributed by atoms with E-state index in [0.717, 1.165) is 15.6 Å². The molecule has 1 aliphatic heterocycles. The van der Waals surface area contributed by atoms with Crippen LogP contribution < -0.4 is 0 Å². The molecule has 1 aromatic carbocycles. The molecule has 0 aliphatic carbocycles. The Balaban J connectivity index is 2.03. The molecule has 4 heteroatoms. The second-order valence-corrected chi connectivity index (χ2v) is 5.88. The Hall–Kier alpha value is -1.41. The first-order chi connectivity index (χ1) is 9.27. The lowest BCUT2D eigenvalue weighted by molar-refractivity contribution is -0.0303. The number of hydrogen-bond acceptors (Lipinski definition) is 4. The minimum Gasteiger partial charge on any atom is -0.387 e. The minimum absolute atomic E-state index is 0.548.